The van der Waals surface area contributed by atoms with Gasteiger partial charge in [0.2, 0.25) is 0 Å². The Bertz CT molecular complexity index is 633. The zero-order valence-corrected chi connectivity index (χ0v) is 12.3. The summed E-state index contributed by atoms with van der Waals surface area (Å²) < 4.78 is 5.96. The zero-order valence-electron chi connectivity index (χ0n) is 10.7. The Kier molecular flexibility index (Phi) is 4.53. The summed E-state index contributed by atoms with van der Waals surface area (Å²) in [6, 6.07) is 14.0. The van der Waals surface area contributed by atoms with Gasteiger partial charge in [0.1, 0.15) is 5.75 Å². The van der Waals surface area contributed by atoms with Gasteiger partial charge in [-0.25, -0.2) is 0 Å². The van der Waals surface area contributed by atoms with Crippen molar-refractivity contribution in [1.29, 1.82) is 0 Å². The van der Waals surface area contributed by atoms with E-state index in [9.17, 15) is 10.1 Å². The number of ether oxygens (including phenoxy) is 1. The van der Waals surface area contributed by atoms with Gasteiger partial charge in [-0.05, 0) is 41.5 Å². The van der Waals surface area contributed by atoms with Crippen molar-refractivity contribution in [1.82, 2.24) is 0 Å². The molecule has 0 aliphatic rings. The van der Waals surface area contributed by atoms with Gasteiger partial charge in [-0.1, -0.05) is 28.1 Å². The third-order valence-electron chi connectivity index (χ3n) is 2.76. The third kappa shape index (κ3) is 3.45. The van der Waals surface area contributed by atoms with Crippen LogP contribution in [0.5, 0.6) is 5.75 Å². The van der Waals surface area contributed by atoms with Gasteiger partial charge in [0.25, 0.3) is 5.69 Å². The average Bonchev–Trinajstić information content (AvgIpc) is 2.48. The largest absolute Gasteiger partial charge is 0.497 e. The number of nitro groups is 1. The van der Waals surface area contributed by atoms with Gasteiger partial charge in [-0.3, -0.25) is 10.1 Å². The Hall–Kier alpha value is -2.14. The van der Waals surface area contributed by atoms with E-state index in [1.165, 1.54) is 12.1 Å². The molecule has 2 rings (SSSR count). The molecule has 0 atom stereocenters. The molecule has 5 heteroatoms. The number of rotatable bonds is 4. The van der Waals surface area contributed by atoms with Crippen molar-refractivity contribution >= 4 is 32.2 Å². The molecule has 0 saturated carbocycles. The molecule has 0 N–H and O–H groups in total. The molecule has 20 heavy (non-hydrogen) atoms. The van der Waals surface area contributed by atoms with E-state index in [1.54, 1.807) is 19.2 Å². The van der Waals surface area contributed by atoms with Crippen LogP contribution in [-0.2, 0) is 0 Å². The van der Waals surface area contributed by atoms with Gasteiger partial charge in [-0.15, -0.1) is 0 Å². The number of nitrogens with zero attached hydrogens (tertiary/aromatic N) is 1. The van der Waals surface area contributed by atoms with E-state index >= 15 is 0 Å². The molecule has 102 valence electrons. The zero-order chi connectivity index (χ0) is 14.5. The Labute approximate surface area is 125 Å². The quantitative estimate of drug-likeness (QED) is 0.470. The summed E-state index contributed by atoms with van der Waals surface area (Å²) in [5.41, 5.74) is 1.97. The molecule has 0 aliphatic heterocycles. The highest BCUT2D eigenvalue weighted by Crippen LogP contribution is 2.26. The van der Waals surface area contributed by atoms with Crippen LogP contribution in [-0.4, -0.2) is 12.0 Å². The molecule has 0 amide bonds. The normalized spacial score (nSPS) is 11.2. The van der Waals surface area contributed by atoms with Gasteiger partial charge < -0.3 is 4.74 Å². The van der Waals surface area contributed by atoms with E-state index in [0.717, 1.165) is 21.4 Å². The van der Waals surface area contributed by atoms with E-state index in [0.29, 0.717) is 0 Å². The Morgan fingerprint density at radius 2 is 1.75 bits per heavy atom. The molecule has 0 aliphatic carbocycles. The van der Waals surface area contributed by atoms with E-state index in [1.807, 2.05) is 30.3 Å². The summed E-state index contributed by atoms with van der Waals surface area (Å²) in [7, 11) is 1.62. The molecule has 4 nitrogen and oxygen atoms in total. The van der Waals surface area contributed by atoms with Crippen LogP contribution in [0.1, 0.15) is 11.1 Å². The first-order valence-electron chi connectivity index (χ1n) is 5.86. The van der Waals surface area contributed by atoms with Crippen molar-refractivity contribution in [2.45, 2.75) is 0 Å². The summed E-state index contributed by atoms with van der Waals surface area (Å²) in [5, 5.41) is 10.6. The summed E-state index contributed by atoms with van der Waals surface area (Å²) in [6.07, 6.45) is 1.95. The van der Waals surface area contributed by atoms with E-state index in [4.69, 9.17) is 4.74 Å². The minimum atomic E-state index is -0.412. The maximum atomic E-state index is 10.6. The number of hydrogen-bond donors (Lipinski definition) is 0. The van der Waals surface area contributed by atoms with Crippen molar-refractivity contribution in [3.05, 3.63) is 69.8 Å². The van der Waals surface area contributed by atoms with Gasteiger partial charge in [-0.2, -0.15) is 0 Å². The SMILES string of the molecule is COc1ccc(C=C(Br)c2ccc([N+](=O)[O-])cc2)cc1. The summed E-state index contributed by atoms with van der Waals surface area (Å²) in [4.78, 5) is 10.2. The predicted molar refractivity (Wildman–Crippen MR) is 82.9 cm³/mol. The fourth-order valence-corrected chi connectivity index (χ4v) is 2.20. The minimum Gasteiger partial charge on any atom is -0.497 e. The minimum absolute atomic E-state index is 0.0819. The fraction of sp³-hybridized carbons (Fsp3) is 0.0667. The van der Waals surface area contributed by atoms with Crippen LogP contribution in [0.15, 0.2) is 48.5 Å². The van der Waals surface area contributed by atoms with Crippen LogP contribution in [0.25, 0.3) is 10.6 Å². The van der Waals surface area contributed by atoms with Crippen molar-refractivity contribution in [2.24, 2.45) is 0 Å². The van der Waals surface area contributed by atoms with Crippen LogP contribution in [0.3, 0.4) is 0 Å². The molecule has 2 aromatic rings. The number of hydrogen-bond acceptors (Lipinski definition) is 3. The first kappa shape index (κ1) is 14.3. The number of halogens is 1. The standard InChI is InChI=1S/C15H12BrNO3/c1-20-14-8-2-11(3-9-14)10-15(16)12-4-6-13(7-5-12)17(18)19/h2-10H,1H3. The summed E-state index contributed by atoms with van der Waals surface area (Å²) >= 11 is 3.48. The van der Waals surface area contributed by atoms with Gasteiger partial charge in [0.05, 0.1) is 12.0 Å². The fourth-order valence-electron chi connectivity index (χ4n) is 1.67. The molecule has 0 heterocycles. The molecular formula is C15H12BrNO3. The smallest absolute Gasteiger partial charge is 0.269 e. The van der Waals surface area contributed by atoms with Crippen molar-refractivity contribution < 1.29 is 9.66 Å². The van der Waals surface area contributed by atoms with E-state index < -0.39 is 4.92 Å². The monoisotopic (exact) mass is 333 g/mol. The number of nitro benzene ring substituents is 1. The Morgan fingerprint density at radius 3 is 2.25 bits per heavy atom. The van der Waals surface area contributed by atoms with Crippen molar-refractivity contribution in [3.8, 4) is 5.75 Å². The Balaban J connectivity index is 2.22. The van der Waals surface area contributed by atoms with Crippen LogP contribution in [0, 0.1) is 10.1 Å². The lowest BCUT2D eigenvalue weighted by Crippen LogP contribution is -1.87. The second-order valence-corrected chi connectivity index (χ2v) is 4.92. The molecule has 0 spiro atoms. The molecule has 0 unspecified atom stereocenters. The van der Waals surface area contributed by atoms with Gasteiger partial charge in [0.15, 0.2) is 0 Å². The van der Waals surface area contributed by atoms with Crippen LogP contribution >= 0.6 is 15.9 Å². The molecule has 0 saturated heterocycles. The van der Waals surface area contributed by atoms with Crippen LogP contribution < -0.4 is 4.74 Å². The highest BCUT2D eigenvalue weighted by molar-refractivity contribution is 9.15. The lowest BCUT2D eigenvalue weighted by molar-refractivity contribution is -0.384. The molecule has 2 aromatic carbocycles. The van der Waals surface area contributed by atoms with Crippen molar-refractivity contribution in [2.75, 3.05) is 7.11 Å². The average molecular weight is 334 g/mol. The molecule has 0 radical (unpaired) electrons. The second kappa shape index (κ2) is 6.34. The van der Waals surface area contributed by atoms with Crippen molar-refractivity contribution in [3.63, 3.8) is 0 Å². The molecular weight excluding hydrogens is 322 g/mol. The second-order valence-electron chi connectivity index (χ2n) is 4.07. The number of benzene rings is 2. The first-order valence-corrected chi connectivity index (χ1v) is 6.65. The number of methoxy groups -OCH3 is 1. The lowest BCUT2D eigenvalue weighted by Gasteiger charge is -2.02. The highest BCUT2D eigenvalue weighted by atomic mass is 79.9. The summed E-state index contributed by atoms with van der Waals surface area (Å²) in [5.74, 6) is 0.800. The van der Waals surface area contributed by atoms with E-state index in [-0.39, 0.29) is 5.69 Å². The van der Waals surface area contributed by atoms with Crippen LogP contribution in [0.4, 0.5) is 5.69 Å². The maximum absolute atomic E-state index is 10.6. The predicted octanol–water partition coefficient (Wildman–Crippen LogP) is 4.50. The lowest BCUT2D eigenvalue weighted by atomic mass is 10.1. The topological polar surface area (TPSA) is 52.4 Å². The van der Waals surface area contributed by atoms with Gasteiger partial charge in [0, 0.05) is 16.6 Å². The third-order valence-corrected chi connectivity index (χ3v) is 3.45. The highest BCUT2D eigenvalue weighted by Gasteiger charge is 2.05. The molecule has 0 bridgehead atoms. The van der Waals surface area contributed by atoms with E-state index in [2.05, 4.69) is 15.9 Å². The van der Waals surface area contributed by atoms with Crippen LogP contribution in [0.2, 0.25) is 0 Å². The summed E-state index contributed by atoms with van der Waals surface area (Å²) in [6.45, 7) is 0. The first-order chi connectivity index (χ1) is 9.60. The Morgan fingerprint density at radius 1 is 1.15 bits per heavy atom. The van der Waals surface area contributed by atoms with Gasteiger partial charge >= 0.3 is 0 Å². The number of non-ortho nitro benzene ring substituents is 1. The molecule has 0 aromatic heterocycles. The maximum Gasteiger partial charge on any atom is 0.269 e. The molecule has 0 fully saturated rings.